The third-order valence-electron chi connectivity index (χ3n) is 1.89. The van der Waals surface area contributed by atoms with Gasteiger partial charge in [0, 0.05) is 24.2 Å². The lowest BCUT2D eigenvalue weighted by Crippen LogP contribution is -2.14. The Balaban J connectivity index is 2.35. The Bertz CT molecular complexity index is 344. The third kappa shape index (κ3) is 4.82. The van der Waals surface area contributed by atoms with Gasteiger partial charge in [-0.2, -0.15) is 17.0 Å². The fourth-order valence-corrected chi connectivity index (χ4v) is 2.12. The normalized spacial score (nSPS) is 10.3. The molecule has 0 fully saturated rings. The molecule has 1 aromatic heterocycles. The van der Waals surface area contributed by atoms with Crippen molar-refractivity contribution in [3.63, 3.8) is 0 Å². The second-order valence-corrected chi connectivity index (χ2v) is 4.62. The zero-order valence-corrected chi connectivity index (χ0v) is 9.92. The molecule has 0 aliphatic heterocycles. The summed E-state index contributed by atoms with van der Waals surface area (Å²) in [5, 5.41) is 8.68. The molecule has 0 N–H and O–H groups in total. The maximum Gasteiger partial charge on any atom is 0.140 e. The van der Waals surface area contributed by atoms with Gasteiger partial charge in [0.1, 0.15) is 11.8 Å². The van der Waals surface area contributed by atoms with Crippen LogP contribution in [-0.4, -0.2) is 36.3 Å². The molecule has 0 saturated heterocycles. The molecule has 1 rings (SSSR count). The number of nitriles is 1. The van der Waals surface area contributed by atoms with Crippen LogP contribution < -0.4 is 0 Å². The van der Waals surface area contributed by atoms with E-state index in [-0.39, 0.29) is 0 Å². The highest BCUT2D eigenvalue weighted by Crippen LogP contribution is 2.11. The Morgan fingerprint density at radius 1 is 1.53 bits per heavy atom. The first-order valence-electron chi connectivity index (χ1n) is 4.80. The van der Waals surface area contributed by atoms with Crippen LogP contribution in [0.1, 0.15) is 11.3 Å². The summed E-state index contributed by atoms with van der Waals surface area (Å²) in [5.41, 5.74) is 1.67. The molecule has 0 bridgehead atoms. The molecule has 0 saturated carbocycles. The van der Waals surface area contributed by atoms with Crippen LogP contribution in [0.4, 0.5) is 0 Å². The molecular weight excluding hydrogens is 206 g/mol. The summed E-state index contributed by atoms with van der Waals surface area (Å²) in [6.45, 7) is 1.08. The molecule has 3 nitrogen and oxygen atoms in total. The van der Waals surface area contributed by atoms with E-state index < -0.39 is 0 Å². The van der Waals surface area contributed by atoms with Gasteiger partial charge < -0.3 is 4.90 Å². The van der Waals surface area contributed by atoms with Crippen molar-refractivity contribution in [2.45, 2.75) is 5.75 Å². The quantitative estimate of drug-likeness (QED) is 0.710. The summed E-state index contributed by atoms with van der Waals surface area (Å²) >= 11 is 1.88. The van der Waals surface area contributed by atoms with Crippen LogP contribution in [0.25, 0.3) is 0 Å². The number of hydrogen-bond donors (Lipinski definition) is 0. The molecule has 4 heteroatoms. The highest BCUT2D eigenvalue weighted by Gasteiger charge is 1.97. The maximum absolute atomic E-state index is 8.68. The van der Waals surface area contributed by atoms with Gasteiger partial charge in [-0.1, -0.05) is 0 Å². The minimum absolute atomic E-state index is 0.501. The van der Waals surface area contributed by atoms with Crippen molar-refractivity contribution in [1.82, 2.24) is 9.88 Å². The molecular formula is C11H15N3S. The van der Waals surface area contributed by atoms with Crippen molar-refractivity contribution in [2.24, 2.45) is 0 Å². The molecule has 0 unspecified atom stereocenters. The van der Waals surface area contributed by atoms with Gasteiger partial charge in [0.25, 0.3) is 0 Å². The Hall–Kier alpha value is -1.05. The molecule has 1 heterocycles. The SMILES string of the molecule is CN(C)CCSCc1ccnc(C#N)c1. The summed E-state index contributed by atoms with van der Waals surface area (Å²) in [6.07, 6.45) is 1.69. The molecule has 0 spiro atoms. The van der Waals surface area contributed by atoms with Gasteiger partial charge in [0.2, 0.25) is 0 Å². The van der Waals surface area contributed by atoms with E-state index >= 15 is 0 Å². The number of nitrogens with zero attached hydrogens (tertiary/aromatic N) is 3. The van der Waals surface area contributed by atoms with Gasteiger partial charge in [-0.05, 0) is 31.8 Å². The predicted molar refractivity (Wildman–Crippen MR) is 63.7 cm³/mol. The van der Waals surface area contributed by atoms with Gasteiger partial charge in [0.05, 0.1) is 0 Å². The van der Waals surface area contributed by atoms with E-state index in [1.54, 1.807) is 6.20 Å². The van der Waals surface area contributed by atoms with E-state index in [9.17, 15) is 0 Å². The number of pyridine rings is 1. The van der Waals surface area contributed by atoms with Crippen molar-refractivity contribution in [2.75, 3.05) is 26.4 Å². The Kier molecular flexibility index (Phi) is 5.16. The number of rotatable bonds is 5. The molecule has 0 radical (unpaired) electrons. The first-order chi connectivity index (χ1) is 7.22. The van der Waals surface area contributed by atoms with Crippen molar-refractivity contribution in [3.8, 4) is 6.07 Å². The largest absolute Gasteiger partial charge is 0.309 e. The summed E-state index contributed by atoms with van der Waals surface area (Å²) in [6, 6.07) is 5.86. The van der Waals surface area contributed by atoms with Crippen LogP contribution in [0.3, 0.4) is 0 Å². The summed E-state index contributed by atoms with van der Waals surface area (Å²) in [4.78, 5) is 6.10. The van der Waals surface area contributed by atoms with Crippen LogP contribution in [0.5, 0.6) is 0 Å². The van der Waals surface area contributed by atoms with Crippen molar-refractivity contribution < 1.29 is 0 Å². The molecule has 80 valence electrons. The summed E-state index contributed by atoms with van der Waals surface area (Å²) in [7, 11) is 4.14. The number of hydrogen-bond acceptors (Lipinski definition) is 4. The maximum atomic E-state index is 8.68. The van der Waals surface area contributed by atoms with E-state index in [0.29, 0.717) is 5.69 Å². The molecule has 0 aliphatic rings. The van der Waals surface area contributed by atoms with Crippen LogP contribution >= 0.6 is 11.8 Å². The van der Waals surface area contributed by atoms with Crippen LogP contribution in [0.2, 0.25) is 0 Å². The summed E-state index contributed by atoms with van der Waals surface area (Å²) < 4.78 is 0. The van der Waals surface area contributed by atoms with Gasteiger partial charge in [-0.25, -0.2) is 4.98 Å². The molecule has 0 amide bonds. The molecule has 0 atom stereocenters. The van der Waals surface area contributed by atoms with Crippen molar-refractivity contribution in [3.05, 3.63) is 29.6 Å². The van der Waals surface area contributed by atoms with Crippen LogP contribution in [0.15, 0.2) is 18.3 Å². The summed E-state index contributed by atoms with van der Waals surface area (Å²) in [5.74, 6) is 2.06. The average molecular weight is 221 g/mol. The highest BCUT2D eigenvalue weighted by atomic mass is 32.2. The topological polar surface area (TPSA) is 39.9 Å². The van der Waals surface area contributed by atoms with E-state index in [2.05, 4.69) is 24.0 Å². The molecule has 0 aliphatic carbocycles. The lowest BCUT2D eigenvalue weighted by molar-refractivity contribution is 0.437. The minimum Gasteiger partial charge on any atom is -0.309 e. The Labute approximate surface area is 95.1 Å². The van der Waals surface area contributed by atoms with Crippen LogP contribution in [0, 0.1) is 11.3 Å². The van der Waals surface area contributed by atoms with Gasteiger partial charge >= 0.3 is 0 Å². The van der Waals surface area contributed by atoms with E-state index in [4.69, 9.17) is 5.26 Å². The lowest BCUT2D eigenvalue weighted by atomic mass is 10.2. The lowest BCUT2D eigenvalue weighted by Gasteiger charge is -2.08. The molecule has 15 heavy (non-hydrogen) atoms. The average Bonchev–Trinajstić information content (AvgIpc) is 2.24. The fourth-order valence-electron chi connectivity index (χ4n) is 1.06. The third-order valence-corrected chi connectivity index (χ3v) is 2.90. The van der Waals surface area contributed by atoms with Crippen molar-refractivity contribution in [1.29, 1.82) is 5.26 Å². The number of aromatic nitrogens is 1. The molecule has 0 aromatic carbocycles. The fraction of sp³-hybridized carbons (Fsp3) is 0.455. The highest BCUT2D eigenvalue weighted by molar-refractivity contribution is 7.98. The van der Waals surface area contributed by atoms with Crippen LogP contribution in [-0.2, 0) is 5.75 Å². The van der Waals surface area contributed by atoms with Gasteiger partial charge in [-0.15, -0.1) is 0 Å². The predicted octanol–water partition coefficient (Wildman–Crippen LogP) is 1.75. The first-order valence-corrected chi connectivity index (χ1v) is 5.95. The van der Waals surface area contributed by atoms with E-state index in [1.165, 1.54) is 5.56 Å². The number of thioether (sulfide) groups is 1. The second-order valence-electron chi connectivity index (χ2n) is 3.52. The Morgan fingerprint density at radius 2 is 2.33 bits per heavy atom. The van der Waals surface area contributed by atoms with Crippen molar-refractivity contribution >= 4 is 11.8 Å². The van der Waals surface area contributed by atoms with Gasteiger partial charge in [0.15, 0.2) is 0 Å². The zero-order chi connectivity index (χ0) is 11.1. The van der Waals surface area contributed by atoms with Gasteiger partial charge in [-0.3, -0.25) is 0 Å². The minimum atomic E-state index is 0.501. The zero-order valence-electron chi connectivity index (χ0n) is 9.10. The monoisotopic (exact) mass is 221 g/mol. The Morgan fingerprint density at radius 3 is 3.00 bits per heavy atom. The standard InChI is InChI=1S/C11H15N3S/c1-14(2)5-6-15-9-10-3-4-13-11(7-10)8-12/h3-4,7H,5-6,9H2,1-2H3. The van der Waals surface area contributed by atoms with E-state index in [1.807, 2.05) is 30.0 Å². The van der Waals surface area contributed by atoms with E-state index in [0.717, 1.165) is 18.1 Å². The molecule has 1 aromatic rings. The first kappa shape index (κ1) is 12.0. The second kappa shape index (κ2) is 6.44. The smallest absolute Gasteiger partial charge is 0.140 e.